The lowest BCUT2D eigenvalue weighted by Crippen LogP contribution is -2.52. The van der Waals surface area contributed by atoms with Crippen LogP contribution >= 0.6 is 22.9 Å². The van der Waals surface area contributed by atoms with Gasteiger partial charge in [0.05, 0.1) is 22.4 Å². The van der Waals surface area contributed by atoms with Crippen molar-refractivity contribution in [2.75, 3.05) is 13.1 Å². The van der Waals surface area contributed by atoms with Crippen molar-refractivity contribution < 1.29 is 22.8 Å². The number of amides is 2. The highest BCUT2D eigenvalue weighted by Crippen LogP contribution is 2.26. The second-order valence-corrected chi connectivity index (χ2v) is 13.2. The van der Waals surface area contributed by atoms with E-state index in [-0.39, 0.29) is 29.8 Å². The number of carbonyl (C=O) groups excluding carboxylic acids is 3. The van der Waals surface area contributed by atoms with E-state index in [1.807, 2.05) is 38.1 Å². The maximum atomic E-state index is 13.3. The quantitative estimate of drug-likeness (QED) is 0.417. The van der Waals surface area contributed by atoms with Gasteiger partial charge in [0, 0.05) is 16.3 Å². The summed E-state index contributed by atoms with van der Waals surface area (Å²) in [5.41, 5.74) is 0. The Morgan fingerprint density at radius 1 is 1.13 bits per heavy atom. The number of nitrogens with zero attached hydrogens (tertiary/aromatic N) is 1. The number of carbonyl (C=O) groups is 3. The van der Waals surface area contributed by atoms with E-state index >= 15 is 0 Å². The van der Waals surface area contributed by atoms with Gasteiger partial charge in [-0.1, -0.05) is 43.6 Å². The van der Waals surface area contributed by atoms with Crippen molar-refractivity contribution in [3.8, 4) is 0 Å². The molecule has 11 heteroatoms. The van der Waals surface area contributed by atoms with Gasteiger partial charge in [-0.3, -0.25) is 14.4 Å². The fraction of sp³-hybridized carbons (Fsp3) is 0.370. The summed E-state index contributed by atoms with van der Waals surface area (Å²) in [6.07, 6.45) is 1.09. The maximum Gasteiger partial charge on any atom is 0.262 e. The van der Waals surface area contributed by atoms with Crippen LogP contribution in [0.4, 0.5) is 0 Å². The zero-order chi connectivity index (χ0) is 27.4. The average Bonchev–Trinajstić information content (AvgIpc) is 3.22. The number of thiophene rings is 1. The van der Waals surface area contributed by atoms with Crippen LogP contribution in [0.1, 0.15) is 42.8 Å². The maximum absolute atomic E-state index is 13.3. The first-order chi connectivity index (χ1) is 18.0. The van der Waals surface area contributed by atoms with Gasteiger partial charge in [-0.2, -0.15) is 4.31 Å². The molecular formula is C27H30ClN3O5S2. The molecule has 8 nitrogen and oxygen atoms in total. The number of halogens is 1. The smallest absolute Gasteiger partial charge is 0.262 e. The number of nitrogens with one attached hydrogen (secondary N) is 2. The van der Waals surface area contributed by atoms with Crippen LogP contribution in [0.5, 0.6) is 0 Å². The molecule has 202 valence electrons. The standard InChI is InChI=1S/C27H30ClN3O5S2/c1-17(2)14-22(30-27(34)25-15-18-6-3-4-8-24(18)37-25)26(33)29-21-7-5-13-31(16-23(21)32)38(35,36)20-11-9-19(28)10-12-20/h3-4,6,8-12,15,17,21-22H,5,7,13-14,16H2,1-2H3,(H,29,33)(H,30,34)/t21?,22-/m0/s1. The van der Waals surface area contributed by atoms with Gasteiger partial charge >= 0.3 is 0 Å². The van der Waals surface area contributed by atoms with Gasteiger partial charge in [0.25, 0.3) is 5.91 Å². The van der Waals surface area contributed by atoms with Gasteiger partial charge in [-0.05, 0) is 67.0 Å². The van der Waals surface area contributed by atoms with Crippen LogP contribution in [0.15, 0.2) is 59.5 Å². The first-order valence-electron chi connectivity index (χ1n) is 12.4. The van der Waals surface area contributed by atoms with Gasteiger partial charge in [0.1, 0.15) is 6.04 Å². The van der Waals surface area contributed by atoms with E-state index in [1.165, 1.54) is 35.6 Å². The second kappa shape index (κ2) is 11.9. The first kappa shape index (κ1) is 28.2. The SMILES string of the molecule is CC(C)C[C@H](NC(=O)c1cc2ccccc2s1)C(=O)NC1CCCN(S(=O)(=O)c2ccc(Cl)cc2)CC1=O. The molecule has 1 fully saturated rings. The number of fused-ring (bicyclic) bond motifs is 1. The monoisotopic (exact) mass is 575 g/mol. The van der Waals surface area contributed by atoms with Crippen molar-refractivity contribution >= 4 is 60.6 Å². The Morgan fingerprint density at radius 3 is 2.53 bits per heavy atom. The number of ketones is 1. The molecule has 1 aliphatic rings. The van der Waals surface area contributed by atoms with Crippen LogP contribution in [0, 0.1) is 5.92 Å². The Labute approximate surface area is 231 Å². The van der Waals surface area contributed by atoms with E-state index in [9.17, 15) is 22.8 Å². The van der Waals surface area contributed by atoms with Gasteiger partial charge in [-0.15, -0.1) is 11.3 Å². The number of rotatable bonds is 8. The van der Waals surface area contributed by atoms with Gasteiger partial charge < -0.3 is 10.6 Å². The predicted octanol–water partition coefficient (Wildman–Crippen LogP) is 4.24. The summed E-state index contributed by atoms with van der Waals surface area (Å²) in [5.74, 6) is -1.09. The Bertz CT molecular complexity index is 1400. The number of Topliss-reactive ketones (excluding diaryl/α,β-unsaturated/α-hetero) is 1. The predicted molar refractivity (Wildman–Crippen MR) is 149 cm³/mol. The summed E-state index contributed by atoms with van der Waals surface area (Å²) in [6.45, 7) is 3.70. The molecule has 1 unspecified atom stereocenters. The number of hydrogen-bond acceptors (Lipinski definition) is 6. The zero-order valence-corrected chi connectivity index (χ0v) is 23.5. The van der Waals surface area contributed by atoms with Crippen LogP contribution in [0.2, 0.25) is 5.02 Å². The van der Waals surface area contributed by atoms with Crippen LogP contribution < -0.4 is 10.6 Å². The first-order valence-corrected chi connectivity index (χ1v) is 15.1. The normalized spacial score (nSPS) is 17.8. The summed E-state index contributed by atoms with van der Waals surface area (Å²) in [7, 11) is -3.89. The summed E-state index contributed by atoms with van der Waals surface area (Å²) in [6, 6.07) is 13.6. The fourth-order valence-corrected chi connectivity index (χ4v) is 6.94. The highest BCUT2D eigenvalue weighted by molar-refractivity contribution is 7.89. The molecule has 0 saturated carbocycles. The molecule has 2 amide bonds. The molecule has 1 aromatic heterocycles. The minimum atomic E-state index is -3.89. The van der Waals surface area contributed by atoms with Gasteiger partial charge in [-0.25, -0.2) is 8.42 Å². The summed E-state index contributed by atoms with van der Waals surface area (Å²) >= 11 is 7.23. The lowest BCUT2D eigenvalue weighted by Gasteiger charge is -2.23. The molecule has 3 aromatic rings. The molecule has 0 bridgehead atoms. The molecule has 2 aromatic carbocycles. The molecular weight excluding hydrogens is 546 g/mol. The molecule has 0 aliphatic carbocycles. The van der Waals surface area contributed by atoms with Crippen molar-refractivity contribution in [2.45, 2.75) is 50.1 Å². The van der Waals surface area contributed by atoms with Crippen LogP contribution in [0.25, 0.3) is 10.1 Å². The summed E-state index contributed by atoms with van der Waals surface area (Å²) in [4.78, 5) is 39.9. The fourth-order valence-electron chi connectivity index (χ4n) is 4.41. The highest BCUT2D eigenvalue weighted by Gasteiger charge is 2.34. The topological polar surface area (TPSA) is 113 Å². The summed E-state index contributed by atoms with van der Waals surface area (Å²) < 4.78 is 28.3. The molecule has 4 rings (SSSR count). The number of benzene rings is 2. The minimum absolute atomic E-state index is 0.0538. The average molecular weight is 576 g/mol. The zero-order valence-electron chi connectivity index (χ0n) is 21.1. The van der Waals surface area contributed by atoms with Crippen molar-refractivity contribution in [2.24, 2.45) is 5.92 Å². The minimum Gasteiger partial charge on any atom is -0.344 e. The van der Waals surface area contributed by atoms with E-state index in [2.05, 4.69) is 10.6 Å². The van der Waals surface area contributed by atoms with E-state index < -0.39 is 33.8 Å². The molecule has 1 saturated heterocycles. The second-order valence-electron chi connectivity index (χ2n) is 9.77. The Hall–Kier alpha value is -2.79. The van der Waals surface area contributed by atoms with Crippen molar-refractivity contribution in [3.63, 3.8) is 0 Å². The Kier molecular flexibility index (Phi) is 8.87. The molecule has 0 spiro atoms. The van der Waals surface area contributed by atoms with E-state index in [4.69, 9.17) is 11.6 Å². The molecule has 2 atom stereocenters. The lowest BCUT2D eigenvalue weighted by molar-refractivity contribution is -0.129. The van der Waals surface area contributed by atoms with Crippen molar-refractivity contribution in [1.82, 2.24) is 14.9 Å². The van der Waals surface area contributed by atoms with Gasteiger partial charge in [0.15, 0.2) is 5.78 Å². The van der Waals surface area contributed by atoms with E-state index in [0.29, 0.717) is 29.2 Å². The summed E-state index contributed by atoms with van der Waals surface area (Å²) in [5, 5.41) is 6.98. The Morgan fingerprint density at radius 2 is 1.84 bits per heavy atom. The third-order valence-electron chi connectivity index (χ3n) is 6.37. The van der Waals surface area contributed by atoms with E-state index in [0.717, 1.165) is 14.4 Å². The third-order valence-corrected chi connectivity index (χ3v) is 9.59. The van der Waals surface area contributed by atoms with Crippen LogP contribution in [0.3, 0.4) is 0 Å². The van der Waals surface area contributed by atoms with Gasteiger partial charge in [0.2, 0.25) is 15.9 Å². The molecule has 0 radical (unpaired) electrons. The molecule has 38 heavy (non-hydrogen) atoms. The molecule has 2 N–H and O–H groups in total. The van der Waals surface area contributed by atoms with Crippen molar-refractivity contribution in [1.29, 1.82) is 0 Å². The van der Waals surface area contributed by atoms with E-state index in [1.54, 1.807) is 6.07 Å². The van der Waals surface area contributed by atoms with Crippen LogP contribution in [-0.2, 0) is 19.6 Å². The third kappa shape index (κ3) is 6.61. The molecule has 1 aliphatic heterocycles. The van der Waals surface area contributed by atoms with Crippen LogP contribution in [-0.4, -0.2) is 55.5 Å². The molecule has 2 heterocycles. The number of sulfonamides is 1. The van der Waals surface area contributed by atoms with Crippen molar-refractivity contribution in [3.05, 3.63) is 64.5 Å². The lowest BCUT2D eigenvalue weighted by atomic mass is 10.0. The Balaban J connectivity index is 1.44. The highest BCUT2D eigenvalue weighted by atomic mass is 35.5. The number of hydrogen-bond donors (Lipinski definition) is 2. The largest absolute Gasteiger partial charge is 0.344 e.